The Morgan fingerprint density at radius 1 is 1.54 bits per heavy atom. The third-order valence-corrected chi connectivity index (χ3v) is 3.42. The van der Waals surface area contributed by atoms with E-state index in [-0.39, 0.29) is 6.29 Å². The zero-order valence-corrected chi connectivity index (χ0v) is 9.88. The number of hydrogen-bond donors (Lipinski definition) is 0. The molecule has 0 radical (unpaired) electrons. The van der Waals surface area contributed by atoms with E-state index >= 15 is 0 Å². The maximum absolute atomic E-state index is 5.61. The summed E-state index contributed by atoms with van der Waals surface area (Å²) in [6.07, 6.45) is 4.71. The number of ether oxygens (including phenoxy) is 2. The largest absolute Gasteiger partial charge is 0.353 e. The van der Waals surface area contributed by atoms with Gasteiger partial charge in [-0.1, -0.05) is 22.9 Å². The molecule has 0 N–H and O–H groups in total. The minimum absolute atomic E-state index is 0.0799. The molecule has 1 aliphatic heterocycles. The van der Waals surface area contributed by atoms with Crippen molar-refractivity contribution in [2.24, 2.45) is 5.92 Å². The van der Waals surface area contributed by atoms with Gasteiger partial charge in [-0.25, -0.2) is 0 Å². The molecule has 0 aromatic carbocycles. The van der Waals surface area contributed by atoms with Gasteiger partial charge in [-0.2, -0.15) is 0 Å². The Labute approximate surface area is 89.1 Å². The predicted octanol–water partition coefficient (Wildman–Crippen LogP) is 2.95. The molecule has 0 saturated carbocycles. The van der Waals surface area contributed by atoms with Crippen LogP contribution in [0.15, 0.2) is 0 Å². The second-order valence-corrected chi connectivity index (χ2v) is 4.36. The highest BCUT2D eigenvalue weighted by atomic mass is 79.9. The smallest absolute Gasteiger partial charge is 0.157 e. The van der Waals surface area contributed by atoms with E-state index in [9.17, 15) is 0 Å². The quantitative estimate of drug-likeness (QED) is 0.699. The molecular formula is C10H19BrO2. The van der Waals surface area contributed by atoms with Crippen LogP contribution in [0, 0.1) is 5.92 Å². The van der Waals surface area contributed by atoms with Gasteiger partial charge in [-0.3, -0.25) is 0 Å². The van der Waals surface area contributed by atoms with Gasteiger partial charge < -0.3 is 9.47 Å². The molecule has 1 rings (SSSR count). The van der Waals surface area contributed by atoms with E-state index in [1.54, 1.807) is 0 Å². The standard InChI is InChI=1S/C10H19BrO2/c1-9(8-11)5-7-13-10-4-2-3-6-12-10/h9-10H,2-8H2,1H3/t9?,10-/m1/s1. The van der Waals surface area contributed by atoms with Gasteiger partial charge in [-0.05, 0) is 31.6 Å². The van der Waals surface area contributed by atoms with E-state index in [0.29, 0.717) is 5.92 Å². The van der Waals surface area contributed by atoms with Crippen molar-refractivity contribution in [3.05, 3.63) is 0 Å². The molecule has 1 unspecified atom stereocenters. The van der Waals surface area contributed by atoms with Crippen molar-refractivity contribution in [3.63, 3.8) is 0 Å². The number of hydrogen-bond acceptors (Lipinski definition) is 2. The molecule has 78 valence electrons. The van der Waals surface area contributed by atoms with Gasteiger partial charge in [-0.15, -0.1) is 0 Å². The number of alkyl halides is 1. The van der Waals surface area contributed by atoms with Crippen LogP contribution in [0.5, 0.6) is 0 Å². The molecule has 13 heavy (non-hydrogen) atoms. The van der Waals surface area contributed by atoms with Crippen LogP contribution in [0.3, 0.4) is 0 Å². The van der Waals surface area contributed by atoms with Crippen LogP contribution in [0.4, 0.5) is 0 Å². The number of rotatable bonds is 5. The molecular weight excluding hydrogens is 232 g/mol. The normalized spacial score (nSPS) is 25.8. The van der Waals surface area contributed by atoms with Crippen molar-refractivity contribution < 1.29 is 9.47 Å². The Bertz CT molecular complexity index is 124. The second kappa shape index (κ2) is 6.80. The monoisotopic (exact) mass is 250 g/mol. The van der Waals surface area contributed by atoms with E-state index < -0.39 is 0 Å². The molecule has 1 saturated heterocycles. The molecule has 1 fully saturated rings. The van der Waals surface area contributed by atoms with Gasteiger partial charge in [0, 0.05) is 11.9 Å². The average Bonchev–Trinajstić information content (AvgIpc) is 2.19. The highest BCUT2D eigenvalue weighted by Gasteiger charge is 2.13. The molecule has 0 aliphatic carbocycles. The lowest BCUT2D eigenvalue weighted by atomic mass is 10.1. The lowest BCUT2D eigenvalue weighted by molar-refractivity contribution is -0.163. The van der Waals surface area contributed by atoms with E-state index in [4.69, 9.17) is 9.47 Å². The Hall–Kier alpha value is 0.400. The summed E-state index contributed by atoms with van der Waals surface area (Å²) in [5.74, 6) is 0.698. The summed E-state index contributed by atoms with van der Waals surface area (Å²) >= 11 is 3.45. The fourth-order valence-corrected chi connectivity index (χ4v) is 1.64. The molecule has 1 heterocycles. The van der Waals surface area contributed by atoms with Crippen molar-refractivity contribution >= 4 is 15.9 Å². The van der Waals surface area contributed by atoms with Crippen LogP contribution < -0.4 is 0 Å². The summed E-state index contributed by atoms with van der Waals surface area (Å²) in [6.45, 7) is 3.93. The van der Waals surface area contributed by atoms with Gasteiger partial charge in [0.05, 0.1) is 6.61 Å². The first-order chi connectivity index (χ1) is 6.33. The highest BCUT2D eigenvalue weighted by Crippen LogP contribution is 2.15. The molecule has 3 heteroatoms. The van der Waals surface area contributed by atoms with Crippen LogP contribution >= 0.6 is 15.9 Å². The maximum atomic E-state index is 5.61. The molecule has 2 nitrogen and oxygen atoms in total. The van der Waals surface area contributed by atoms with E-state index in [1.165, 1.54) is 12.8 Å². The lowest BCUT2D eigenvalue weighted by Gasteiger charge is -2.23. The molecule has 0 aromatic rings. The van der Waals surface area contributed by atoms with Gasteiger partial charge in [0.1, 0.15) is 0 Å². The van der Waals surface area contributed by atoms with E-state index in [0.717, 1.165) is 31.4 Å². The van der Waals surface area contributed by atoms with E-state index in [2.05, 4.69) is 22.9 Å². The van der Waals surface area contributed by atoms with Gasteiger partial charge in [0.2, 0.25) is 0 Å². The van der Waals surface area contributed by atoms with Crippen molar-refractivity contribution in [2.75, 3.05) is 18.5 Å². The van der Waals surface area contributed by atoms with Crippen molar-refractivity contribution in [1.29, 1.82) is 0 Å². The summed E-state index contributed by atoms with van der Waals surface area (Å²) in [7, 11) is 0. The minimum Gasteiger partial charge on any atom is -0.353 e. The first kappa shape index (κ1) is 11.5. The predicted molar refractivity (Wildman–Crippen MR) is 57.1 cm³/mol. The van der Waals surface area contributed by atoms with Gasteiger partial charge in [0.25, 0.3) is 0 Å². The summed E-state index contributed by atoms with van der Waals surface area (Å²) in [5, 5.41) is 1.06. The topological polar surface area (TPSA) is 18.5 Å². The minimum atomic E-state index is 0.0799. The van der Waals surface area contributed by atoms with Crippen LogP contribution in [-0.2, 0) is 9.47 Å². The number of halogens is 1. The molecule has 2 atom stereocenters. The summed E-state index contributed by atoms with van der Waals surface area (Å²) in [4.78, 5) is 0. The van der Waals surface area contributed by atoms with Crippen molar-refractivity contribution in [1.82, 2.24) is 0 Å². The molecule has 0 aromatic heterocycles. The first-order valence-electron chi connectivity index (χ1n) is 5.12. The zero-order valence-electron chi connectivity index (χ0n) is 8.30. The molecule has 1 aliphatic rings. The molecule has 0 bridgehead atoms. The SMILES string of the molecule is CC(CBr)CCO[C@@H]1CCCCO1. The van der Waals surface area contributed by atoms with E-state index in [1.807, 2.05) is 0 Å². The van der Waals surface area contributed by atoms with Crippen LogP contribution in [-0.4, -0.2) is 24.8 Å². The maximum Gasteiger partial charge on any atom is 0.157 e. The summed E-state index contributed by atoms with van der Waals surface area (Å²) in [5.41, 5.74) is 0. The Balaban J connectivity index is 1.98. The highest BCUT2D eigenvalue weighted by molar-refractivity contribution is 9.09. The van der Waals surface area contributed by atoms with Crippen LogP contribution in [0.1, 0.15) is 32.6 Å². The molecule has 0 amide bonds. The van der Waals surface area contributed by atoms with Crippen molar-refractivity contribution in [2.45, 2.75) is 38.9 Å². The van der Waals surface area contributed by atoms with Gasteiger partial charge >= 0.3 is 0 Å². The Morgan fingerprint density at radius 2 is 2.38 bits per heavy atom. The fourth-order valence-electron chi connectivity index (χ4n) is 1.32. The summed E-state index contributed by atoms with van der Waals surface area (Å²) < 4.78 is 11.1. The third-order valence-electron chi connectivity index (χ3n) is 2.32. The van der Waals surface area contributed by atoms with Gasteiger partial charge in [0.15, 0.2) is 6.29 Å². The fraction of sp³-hybridized carbons (Fsp3) is 1.00. The Morgan fingerprint density at radius 3 is 3.00 bits per heavy atom. The third kappa shape index (κ3) is 4.99. The zero-order chi connectivity index (χ0) is 9.52. The van der Waals surface area contributed by atoms with Crippen LogP contribution in [0.25, 0.3) is 0 Å². The lowest BCUT2D eigenvalue weighted by Crippen LogP contribution is -2.23. The average molecular weight is 251 g/mol. The summed E-state index contributed by atoms with van der Waals surface area (Å²) in [6, 6.07) is 0. The van der Waals surface area contributed by atoms with Crippen molar-refractivity contribution in [3.8, 4) is 0 Å². The first-order valence-corrected chi connectivity index (χ1v) is 6.24. The second-order valence-electron chi connectivity index (χ2n) is 3.72. The van der Waals surface area contributed by atoms with Crippen LogP contribution in [0.2, 0.25) is 0 Å². The Kier molecular flexibility index (Phi) is 6.00. The molecule has 0 spiro atoms.